The summed E-state index contributed by atoms with van der Waals surface area (Å²) in [5, 5.41) is 15.5. The zero-order chi connectivity index (χ0) is 17.8. The van der Waals surface area contributed by atoms with E-state index in [1.165, 1.54) is 11.1 Å². The molecule has 0 bridgehead atoms. The maximum Gasteiger partial charge on any atom is 0.229 e. The van der Waals surface area contributed by atoms with Crippen molar-refractivity contribution in [2.45, 2.75) is 20.8 Å². The standard InChI is InChI=1S/C20H19N5/c1-13-7-14(2)9-18(8-13)23-19-10-15(3)22-20(25-19)24-17-6-4-5-16(11-17)12-21/h4-11H,1-3H3,(H2,22,23,24,25). The molecule has 1 heterocycles. The summed E-state index contributed by atoms with van der Waals surface area (Å²) < 4.78 is 0. The Morgan fingerprint density at radius 2 is 1.60 bits per heavy atom. The van der Waals surface area contributed by atoms with Crippen LogP contribution in [0.5, 0.6) is 0 Å². The summed E-state index contributed by atoms with van der Waals surface area (Å²) in [5.74, 6) is 1.21. The molecule has 0 saturated heterocycles. The minimum Gasteiger partial charge on any atom is -0.340 e. The van der Waals surface area contributed by atoms with Crippen molar-refractivity contribution in [3.05, 3.63) is 70.9 Å². The SMILES string of the molecule is Cc1cc(C)cc(Nc2cc(C)nc(Nc3cccc(C#N)c3)n2)c1. The lowest BCUT2D eigenvalue weighted by Gasteiger charge is -2.11. The van der Waals surface area contributed by atoms with Gasteiger partial charge in [-0.05, 0) is 62.2 Å². The highest BCUT2D eigenvalue weighted by atomic mass is 15.1. The van der Waals surface area contributed by atoms with E-state index in [2.05, 4.69) is 58.7 Å². The third-order valence-electron chi connectivity index (χ3n) is 3.60. The second-order valence-corrected chi connectivity index (χ2v) is 6.04. The maximum absolute atomic E-state index is 9.01. The number of benzene rings is 2. The minimum absolute atomic E-state index is 0.488. The minimum atomic E-state index is 0.488. The highest BCUT2D eigenvalue weighted by Crippen LogP contribution is 2.21. The average molecular weight is 329 g/mol. The van der Waals surface area contributed by atoms with Crippen LogP contribution in [0.2, 0.25) is 0 Å². The van der Waals surface area contributed by atoms with Crippen LogP contribution in [0.15, 0.2) is 48.5 Å². The summed E-state index contributed by atoms with van der Waals surface area (Å²) in [4.78, 5) is 8.94. The summed E-state index contributed by atoms with van der Waals surface area (Å²) in [6, 6.07) is 17.5. The topological polar surface area (TPSA) is 73.6 Å². The fourth-order valence-corrected chi connectivity index (χ4v) is 2.68. The lowest BCUT2D eigenvalue weighted by Crippen LogP contribution is -2.02. The lowest BCUT2D eigenvalue weighted by atomic mass is 10.1. The molecule has 3 aromatic rings. The predicted molar refractivity (Wildman–Crippen MR) is 100 cm³/mol. The second kappa shape index (κ2) is 7.02. The van der Waals surface area contributed by atoms with E-state index >= 15 is 0 Å². The normalized spacial score (nSPS) is 10.2. The van der Waals surface area contributed by atoms with Crippen LogP contribution in [0.4, 0.5) is 23.1 Å². The van der Waals surface area contributed by atoms with Crippen molar-refractivity contribution in [3.63, 3.8) is 0 Å². The fraction of sp³-hybridized carbons (Fsp3) is 0.150. The van der Waals surface area contributed by atoms with E-state index in [0.717, 1.165) is 22.9 Å². The molecule has 1 aromatic heterocycles. The largest absolute Gasteiger partial charge is 0.340 e. The number of rotatable bonds is 4. The molecule has 25 heavy (non-hydrogen) atoms. The molecular weight excluding hydrogens is 310 g/mol. The summed E-state index contributed by atoms with van der Waals surface area (Å²) in [6.45, 7) is 6.06. The molecule has 5 nitrogen and oxygen atoms in total. The van der Waals surface area contributed by atoms with Gasteiger partial charge >= 0.3 is 0 Å². The maximum atomic E-state index is 9.01. The van der Waals surface area contributed by atoms with E-state index in [1.54, 1.807) is 12.1 Å². The van der Waals surface area contributed by atoms with Crippen LogP contribution in [0.1, 0.15) is 22.4 Å². The molecule has 0 amide bonds. The Bertz CT molecular complexity index is 936. The van der Waals surface area contributed by atoms with Crippen molar-refractivity contribution in [2.24, 2.45) is 0 Å². The van der Waals surface area contributed by atoms with Gasteiger partial charge in [0.1, 0.15) is 5.82 Å². The number of anilines is 4. The van der Waals surface area contributed by atoms with Gasteiger partial charge in [0.15, 0.2) is 0 Å². The van der Waals surface area contributed by atoms with Crippen LogP contribution in [0, 0.1) is 32.1 Å². The fourth-order valence-electron chi connectivity index (χ4n) is 2.68. The first-order valence-corrected chi connectivity index (χ1v) is 8.00. The van der Waals surface area contributed by atoms with Gasteiger partial charge in [0.05, 0.1) is 11.6 Å². The Morgan fingerprint density at radius 3 is 2.32 bits per heavy atom. The average Bonchev–Trinajstić information content (AvgIpc) is 2.53. The predicted octanol–water partition coefficient (Wildman–Crippen LogP) is 4.76. The zero-order valence-corrected chi connectivity index (χ0v) is 14.5. The Balaban J connectivity index is 1.86. The molecule has 0 fully saturated rings. The molecule has 3 rings (SSSR count). The zero-order valence-electron chi connectivity index (χ0n) is 14.5. The molecule has 0 radical (unpaired) electrons. The van der Waals surface area contributed by atoms with Crippen LogP contribution in [-0.2, 0) is 0 Å². The van der Waals surface area contributed by atoms with E-state index in [9.17, 15) is 0 Å². The van der Waals surface area contributed by atoms with Gasteiger partial charge in [-0.3, -0.25) is 0 Å². The Labute approximate surface area is 147 Å². The molecule has 5 heteroatoms. The first-order valence-electron chi connectivity index (χ1n) is 8.00. The molecule has 2 N–H and O–H groups in total. The van der Waals surface area contributed by atoms with Gasteiger partial charge in [-0.2, -0.15) is 10.2 Å². The van der Waals surface area contributed by atoms with Crippen molar-refractivity contribution in [2.75, 3.05) is 10.6 Å². The number of nitrogens with one attached hydrogen (secondary N) is 2. The van der Waals surface area contributed by atoms with Gasteiger partial charge in [-0.15, -0.1) is 0 Å². The van der Waals surface area contributed by atoms with Crippen molar-refractivity contribution in [3.8, 4) is 6.07 Å². The summed E-state index contributed by atoms with van der Waals surface area (Å²) in [7, 11) is 0. The van der Waals surface area contributed by atoms with E-state index in [0.29, 0.717) is 11.5 Å². The van der Waals surface area contributed by atoms with Gasteiger partial charge in [-0.1, -0.05) is 12.1 Å². The summed E-state index contributed by atoms with van der Waals surface area (Å²) in [5.41, 5.74) is 5.60. The van der Waals surface area contributed by atoms with Crippen molar-refractivity contribution in [1.29, 1.82) is 5.26 Å². The van der Waals surface area contributed by atoms with Crippen molar-refractivity contribution in [1.82, 2.24) is 9.97 Å². The Kier molecular flexibility index (Phi) is 4.62. The van der Waals surface area contributed by atoms with Gasteiger partial charge in [0.25, 0.3) is 0 Å². The van der Waals surface area contributed by atoms with Gasteiger partial charge < -0.3 is 10.6 Å². The number of hydrogen-bond acceptors (Lipinski definition) is 5. The molecular formula is C20H19N5. The van der Waals surface area contributed by atoms with Gasteiger partial charge in [0.2, 0.25) is 5.95 Å². The van der Waals surface area contributed by atoms with E-state index in [1.807, 2.05) is 25.1 Å². The van der Waals surface area contributed by atoms with Crippen LogP contribution in [-0.4, -0.2) is 9.97 Å². The molecule has 0 aliphatic carbocycles. The third-order valence-corrected chi connectivity index (χ3v) is 3.60. The summed E-state index contributed by atoms with van der Waals surface area (Å²) in [6.07, 6.45) is 0. The molecule has 0 saturated carbocycles. The number of hydrogen-bond donors (Lipinski definition) is 2. The number of aryl methyl sites for hydroxylation is 3. The molecule has 0 unspecified atom stereocenters. The van der Waals surface area contributed by atoms with Crippen LogP contribution < -0.4 is 10.6 Å². The smallest absolute Gasteiger partial charge is 0.229 e. The molecule has 0 atom stereocenters. The third kappa shape index (κ3) is 4.33. The second-order valence-electron chi connectivity index (χ2n) is 6.04. The lowest BCUT2D eigenvalue weighted by molar-refractivity contribution is 1.11. The monoisotopic (exact) mass is 329 g/mol. The van der Waals surface area contributed by atoms with E-state index in [-0.39, 0.29) is 0 Å². The van der Waals surface area contributed by atoms with E-state index in [4.69, 9.17) is 5.26 Å². The van der Waals surface area contributed by atoms with Crippen molar-refractivity contribution >= 4 is 23.1 Å². The molecule has 124 valence electrons. The quantitative estimate of drug-likeness (QED) is 0.722. The highest BCUT2D eigenvalue weighted by molar-refractivity contribution is 5.62. The molecule has 2 aromatic carbocycles. The first-order chi connectivity index (χ1) is 12.0. The molecule has 0 aliphatic heterocycles. The number of nitrogens with zero attached hydrogens (tertiary/aromatic N) is 3. The first kappa shape index (κ1) is 16.5. The van der Waals surface area contributed by atoms with Crippen LogP contribution >= 0.6 is 0 Å². The Morgan fingerprint density at radius 1 is 0.840 bits per heavy atom. The Hall–Kier alpha value is -3.39. The van der Waals surface area contributed by atoms with Gasteiger partial charge in [-0.25, -0.2) is 4.98 Å². The van der Waals surface area contributed by atoms with Crippen LogP contribution in [0.3, 0.4) is 0 Å². The number of aromatic nitrogens is 2. The van der Waals surface area contributed by atoms with Gasteiger partial charge in [0, 0.05) is 23.1 Å². The summed E-state index contributed by atoms with van der Waals surface area (Å²) >= 11 is 0. The highest BCUT2D eigenvalue weighted by Gasteiger charge is 2.05. The molecule has 0 spiro atoms. The van der Waals surface area contributed by atoms with E-state index < -0.39 is 0 Å². The van der Waals surface area contributed by atoms with Crippen molar-refractivity contribution < 1.29 is 0 Å². The van der Waals surface area contributed by atoms with Crippen LogP contribution in [0.25, 0.3) is 0 Å². The molecule has 0 aliphatic rings. The number of nitriles is 1.